The molecule has 1 aliphatic rings. The first-order chi connectivity index (χ1) is 16.0. The van der Waals surface area contributed by atoms with Crippen LogP contribution >= 0.6 is 11.8 Å². The first-order valence-electron chi connectivity index (χ1n) is 11.3. The molecule has 8 heteroatoms. The maximum absolute atomic E-state index is 12.5. The molecule has 7 nitrogen and oxygen atoms in total. The molecule has 1 aromatic heterocycles. The minimum atomic E-state index is -0.232. The van der Waals surface area contributed by atoms with Crippen molar-refractivity contribution in [3.63, 3.8) is 0 Å². The van der Waals surface area contributed by atoms with Crippen LogP contribution < -0.4 is 5.43 Å². The normalized spacial score (nSPS) is 14.9. The van der Waals surface area contributed by atoms with Gasteiger partial charge in [0.1, 0.15) is 5.75 Å². The van der Waals surface area contributed by atoms with E-state index in [0.717, 1.165) is 29.4 Å². The zero-order chi connectivity index (χ0) is 23.2. The van der Waals surface area contributed by atoms with Crippen molar-refractivity contribution in [2.24, 2.45) is 5.10 Å². The monoisotopic (exact) mass is 463 g/mol. The topological polar surface area (TPSA) is 92.4 Å². The minimum Gasteiger partial charge on any atom is -0.507 e. The number of carbonyl (C=O) groups excluding carboxylic acids is 1. The van der Waals surface area contributed by atoms with Gasteiger partial charge >= 0.3 is 0 Å². The minimum absolute atomic E-state index is 0.131. The Morgan fingerprint density at radius 2 is 1.85 bits per heavy atom. The molecule has 0 atom stereocenters. The van der Waals surface area contributed by atoms with Crippen LogP contribution in [0.15, 0.2) is 58.8 Å². The molecule has 2 aromatic carbocycles. The summed E-state index contributed by atoms with van der Waals surface area (Å²) in [4.78, 5) is 12.5. The van der Waals surface area contributed by atoms with E-state index in [9.17, 15) is 9.90 Å². The van der Waals surface area contributed by atoms with Gasteiger partial charge in [0.15, 0.2) is 11.0 Å². The Kier molecular flexibility index (Phi) is 7.44. The Morgan fingerprint density at radius 1 is 1.12 bits per heavy atom. The number of carbonyl (C=O) groups is 1. The first kappa shape index (κ1) is 23.0. The Labute approximate surface area is 198 Å². The number of thioether (sulfide) groups is 1. The first-order valence-corrected chi connectivity index (χ1v) is 12.3. The maximum Gasteiger partial charge on any atom is 0.250 e. The van der Waals surface area contributed by atoms with Crippen molar-refractivity contribution < 1.29 is 9.90 Å². The summed E-state index contributed by atoms with van der Waals surface area (Å²) in [6.07, 6.45) is 5.85. The molecule has 0 bridgehead atoms. The number of phenolic OH excluding ortho intramolecular Hbond substituents is 1. The second kappa shape index (κ2) is 10.7. The van der Waals surface area contributed by atoms with Crippen LogP contribution in [0, 0.1) is 6.92 Å². The number of hydrogen-bond donors (Lipinski definition) is 2. The Hall–Kier alpha value is -3.13. The second-order valence-corrected chi connectivity index (χ2v) is 9.31. The summed E-state index contributed by atoms with van der Waals surface area (Å²) in [5, 5.41) is 23.8. The number of benzene rings is 2. The number of rotatable bonds is 7. The highest BCUT2D eigenvalue weighted by molar-refractivity contribution is 7.99. The lowest BCUT2D eigenvalue weighted by Crippen LogP contribution is -2.22. The van der Waals surface area contributed by atoms with Gasteiger partial charge in [-0.3, -0.25) is 9.36 Å². The lowest BCUT2D eigenvalue weighted by atomic mass is 9.95. The van der Waals surface area contributed by atoms with Gasteiger partial charge in [-0.25, -0.2) is 5.43 Å². The summed E-state index contributed by atoms with van der Waals surface area (Å²) in [5.41, 5.74) is 5.95. The van der Waals surface area contributed by atoms with E-state index in [2.05, 4.69) is 56.5 Å². The molecular formula is C25H29N5O2S. The van der Waals surface area contributed by atoms with Crippen LogP contribution in [0.3, 0.4) is 0 Å². The second-order valence-electron chi connectivity index (χ2n) is 8.37. The predicted molar refractivity (Wildman–Crippen MR) is 132 cm³/mol. The quantitative estimate of drug-likeness (QED) is 0.289. The van der Waals surface area contributed by atoms with Crippen LogP contribution in [0.2, 0.25) is 0 Å². The number of hydrazone groups is 1. The van der Waals surface area contributed by atoms with Crippen molar-refractivity contribution in [2.45, 2.75) is 57.1 Å². The summed E-state index contributed by atoms with van der Waals surface area (Å²) in [6, 6.07) is 15.6. The van der Waals surface area contributed by atoms with Crippen molar-refractivity contribution in [1.29, 1.82) is 0 Å². The third-order valence-electron chi connectivity index (χ3n) is 5.89. The molecule has 172 valence electrons. The van der Waals surface area contributed by atoms with Gasteiger partial charge in [0, 0.05) is 17.2 Å². The van der Waals surface area contributed by atoms with Crippen molar-refractivity contribution in [3.05, 3.63) is 59.7 Å². The Morgan fingerprint density at radius 3 is 2.58 bits per heavy atom. The fourth-order valence-electron chi connectivity index (χ4n) is 4.09. The SMILES string of the molecule is C/C(=N/NC(=O)CSc1nnc(-c2ccc(C)cc2)n1C1CCCCC1)c1ccccc1O. The molecule has 0 unspecified atom stereocenters. The molecule has 1 fully saturated rings. The van der Waals surface area contributed by atoms with E-state index in [1.165, 1.54) is 36.6 Å². The summed E-state index contributed by atoms with van der Waals surface area (Å²) in [7, 11) is 0. The number of aromatic hydroxyl groups is 1. The standard InChI is InChI=1S/C25H29N5O2S/c1-17-12-14-19(15-13-17)24-28-29-25(30(24)20-8-4-3-5-9-20)33-16-23(32)27-26-18(2)21-10-6-7-11-22(21)31/h6-7,10-15,20,31H,3-5,8-9,16H2,1-2H3,(H,27,32)/b26-18-. The molecule has 1 heterocycles. The molecule has 0 aliphatic heterocycles. The van der Waals surface area contributed by atoms with E-state index < -0.39 is 0 Å². The number of hydrogen-bond acceptors (Lipinski definition) is 6. The number of amides is 1. The molecule has 3 aromatic rings. The molecule has 4 rings (SSSR count). The molecule has 1 saturated carbocycles. The molecule has 2 N–H and O–H groups in total. The lowest BCUT2D eigenvalue weighted by Gasteiger charge is -2.25. The molecule has 33 heavy (non-hydrogen) atoms. The third-order valence-corrected chi connectivity index (χ3v) is 6.83. The van der Waals surface area contributed by atoms with Gasteiger partial charge in [0.05, 0.1) is 11.5 Å². The van der Waals surface area contributed by atoms with Crippen LogP contribution in [-0.4, -0.2) is 37.2 Å². The highest BCUT2D eigenvalue weighted by Gasteiger charge is 2.24. The average molecular weight is 464 g/mol. The van der Waals surface area contributed by atoms with E-state index in [0.29, 0.717) is 17.3 Å². The molecule has 1 aliphatic carbocycles. The zero-order valence-electron chi connectivity index (χ0n) is 19.0. The Balaban J connectivity index is 1.48. The third kappa shape index (κ3) is 5.63. The van der Waals surface area contributed by atoms with Crippen LogP contribution in [0.1, 0.15) is 56.2 Å². The fourth-order valence-corrected chi connectivity index (χ4v) is 4.89. The van der Waals surface area contributed by atoms with E-state index >= 15 is 0 Å². The summed E-state index contributed by atoms with van der Waals surface area (Å²) in [5.74, 6) is 0.936. The zero-order valence-corrected chi connectivity index (χ0v) is 19.8. The number of nitrogens with one attached hydrogen (secondary N) is 1. The van der Waals surface area contributed by atoms with Gasteiger partial charge in [-0.05, 0) is 38.8 Å². The molecule has 1 amide bonds. The Bertz CT molecular complexity index is 1130. The molecular weight excluding hydrogens is 434 g/mol. The number of aryl methyl sites for hydroxylation is 1. The smallest absolute Gasteiger partial charge is 0.250 e. The van der Waals surface area contributed by atoms with Crippen LogP contribution in [-0.2, 0) is 4.79 Å². The number of para-hydroxylation sites is 1. The van der Waals surface area contributed by atoms with Crippen LogP contribution in [0.25, 0.3) is 11.4 Å². The summed E-state index contributed by atoms with van der Waals surface area (Å²) >= 11 is 1.38. The largest absolute Gasteiger partial charge is 0.507 e. The summed E-state index contributed by atoms with van der Waals surface area (Å²) < 4.78 is 2.22. The highest BCUT2D eigenvalue weighted by Crippen LogP contribution is 2.35. The van der Waals surface area contributed by atoms with Crippen molar-refractivity contribution in [2.75, 3.05) is 5.75 Å². The predicted octanol–water partition coefficient (Wildman–Crippen LogP) is 5.10. The van der Waals surface area contributed by atoms with E-state index in [1.54, 1.807) is 25.1 Å². The average Bonchev–Trinajstić information content (AvgIpc) is 3.26. The van der Waals surface area contributed by atoms with Crippen molar-refractivity contribution >= 4 is 23.4 Å². The molecule has 0 spiro atoms. The van der Waals surface area contributed by atoms with Gasteiger partial charge in [0.2, 0.25) is 0 Å². The van der Waals surface area contributed by atoms with Crippen molar-refractivity contribution in [3.8, 4) is 17.1 Å². The van der Waals surface area contributed by atoms with E-state index in [-0.39, 0.29) is 17.4 Å². The van der Waals surface area contributed by atoms with Gasteiger partial charge in [-0.15, -0.1) is 10.2 Å². The van der Waals surface area contributed by atoms with Gasteiger partial charge in [-0.2, -0.15) is 5.10 Å². The lowest BCUT2D eigenvalue weighted by molar-refractivity contribution is -0.118. The van der Waals surface area contributed by atoms with Gasteiger partial charge in [0.25, 0.3) is 5.91 Å². The van der Waals surface area contributed by atoms with Crippen LogP contribution in [0.5, 0.6) is 5.75 Å². The fraction of sp³-hybridized carbons (Fsp3) is 0.360. The maximum atomic E-state index is 12.5. The van der Waals surface area contributed by atoms with Gasteiger partial charge < -0.3 is 5.11 Å². The highest BCUT2D eigenvalue weighted by atomic mass is 32.2. The van der Waals surface area contributed by atoms with Crippen molar-refractivity contribution in [1.82, 2.24) is 20.2 Å². The van der Waals surface area contributed by atoms with Gasteiger partial charge in [-0.1, -0.05) is 73.0 Å². The molecule has 0 radical (unpaired) electrons. The number of aromatic nitrogens is 3. The van der Waals surface area contributed by atoms with Crippen LogP contribution in [0.4, 0.5) is 0 Å². The van der Waals surface area contributed by atoms with E-state index in [4.69, 9.17) is 0 Å². The molecule has 0 saturated heterocycles. The van der Waals surface area contributed by atoms with E-state index in [1.807, 2.05) is 6.07 Å². The number of nitrogens with zero attached hydrogens (tertiary/aromatic N) is 4. The summed E-state index contributed by atoms with van der Waals surface area (Å²) in [6.45, 7) is 3.81. The number of phenols is 1.